The number of nitrogens with two attached hydrogens (primary N) is 1. The predicted molar refractivity (Wildman–Crippen MR) is 96.7 cm³/mol. The first-order valence-corrected chi connectivity index (χ1v) is 8.47. The lowest BCUT2D eigenvalue weighted by atomic mass is 10.0. The van der Waals surface area contributed by atoms with E-state index in [-0.39, 0.29) is 13.0 Å². The molecule has 2 amide bonds. The third kappa shape index (κ3) is 4.47. The highest BCUT2D eigenvalue weighted by Crippen LogP contribution is 2.23. The van der Waals surface area contributed by atoms with Gasteiger partial charge in [0.2, 0.25) is 5.91 Å². The van der Waals surface area contributed by atoms with Gasteiger partial charge in [0.1, 0.15) is 0 Å². The number of carbonyl (C=O) groups is 3. The molecule has 0 fully saturated rings. The Morgan fingerprint density at radius 1 is 1.00 bits per heavy atom. The van der Waals surface area contributed by atoms with Gasteiger partial charge in [-0.3, -0.25) is 14.4 Å². The van der Waals surface area contributed by atoms with E-state index in [1.165, 1.54) is 23.3 Å². The van der Waals surface area contributed by atoms with Crippen LogP contribution in [0, 0.1) is 0 Å². The summed E-state index contributed by atoms with van der Waals surface area (Å²) in [4.78, 5) is 34.8. The number of fused-ring (bicyclic) bond motifs is 1. The number of amides is 2. The fourth-order valence-electron chi connectivity index (χ4n) is 3.01. The van der Waals surface area contributed by atoms with E-state index in [1.54, 1.807) is 12.1 Å². The summed E-state index contributed by atoms with van der Waals surface area (Å²) >= 11 is 0. The Labute approximate surface area is 151 Å². The first-order valence-electron chi connectivity index (χ1n) is 8.47. The van der Waals surface area contributed by atoms with Crippen molar-refractivity contribution >= 4 is 23.5 Å². The van der Waals surface area contributed by atoms with Gasteiger partial charge in [-0.15, -0.1) is 0 Å². The first-order chi connectivity index (χ1) is 12.5. The van der Waals surface area contributed by atoms with Crippen LogP contribution in [0.25, 0.3) is 0 Å². The molecule has 0 spiro atoms. The molecule has 0 aliphatic heterocycles. The van der Waals surface area contributed by atoms with E-state index in [1.807, 2.05) is 12.1 Å². The molecule has 3 rings (SSSR count). The van der Waals surface area contributed by atoms with Gasteiger partial charge in [-0.05, 0) is 60.2 Å². The fourth-order valence-corrected chi connectivity index (χ4v) is 3.01. The molecule has 0 heterocycles. The zero-order valence-corrected chi connectivity index (χ0v) is 14.3. The summed E-state index contributed by atoms with van der Waals surface area (Å²) in [7, 11) is 0. The van der Waals surface area contributed by atoms with E-state index in [0.29, 0.717) is 11.3 Å². The van der Waals surface area contributed by atoms with Crippen molar-refractivity contribution in [2.45, 2.75) is 25.7 Å². The summed E-state index contributed by atoms with van der Waals surface area (Å²) in [5, 5.41) is 2.59. The van der Waals surface area contributed by atoms with Crippen LogP contribution in [0.15, 0.2) is 42.5 Å². The summed E-state index contributed by atoms with van der Waals surface area (Å²) in [6, 6.07) is 12.2. The summed E-state index contributed by atoms with van der Waals surface area (Å²) in [6.45, 7) is -0.360. The number of carbonyl (C=O) groups excluding carboxylic acids is 3. The van der Waals surface area contributed by atoms with Gasteiger partial charge in [-0.1, -0.05) is 18.2 Å². The Bertz CT molecular complexity index is 843. The van der Waals surface area contributed by atoms with Gasteiger partial charge in [-0.2, -0.15) is 0 Å². The van der Waals surface area contributed by atoms with Crippen LogP contribution in [-0.2, 0) is 33.6 Å². The molecule has 2 aromatic carbocycles. The third-order valence-electron chi connectivity index (χ3n) is 4.33. The minimum absolute atomic E-state index is 0.147. The first kappa shape index (κ1) is 17.7. The number of nitrogens with one attached hydrogen (secondary N) is 1. The van der Waals surface area contributed by atoms with Crippen LogP contribution in [-0.4, -0.2) is 24.4 Å². The standard InChI is InChI=1S/C20H20N2O4/c21-20(25)15-6-8-17(9-7-15)22-18(23)12-26-19(24)11-13-4-5-14-2-1-3-16(14)10-13/h4-10H,1-3,11-12H2,(H2,21,25)(H,22,23). The van der Waals surface area contributed by atoms with Crippen LogP contribution in [0.5, 0.6) is 0 Å². The summed E-state index contributed by atoms with van der Waals surface area (Å²) in [5.41, 5.74) is 9.55. The molecule has 1 aliphatic carbocycles. The van der Waals surface area contributed by atoms with Crippen molar-refractivity contribution in [2.75, 3.05) is 11.9 Å². The minimum atomic E-state index is -0.539. The predicted octanol–water partition coefficient (Wildman–Crippen LogP) is 2.00. The summed E-state index contributed by atoms with van der Waals surface area (Å²) < 4.78 is 5.04. The van der Waals surface area contributed by atoms with Gasteiger partial charge >= 0.3 is 5.97 Å². The number of ether oxygens (including phenoxy) is 1. The maximum absolute atomic E-state index is 11.9. The zero-order valence-electron chi connectivity index (χ0n) is 14.3. The molecule has 0 bridgehead atoms. The van der Waals surface area contributed by atoms with Gasteiger partial charge in [-0.25, -0.2) is 0 Å². The lowest BCUT2D eigenvalue weighted by Crippen LogP contribution is -2.21. The van der Waals surface area contributed by atoms with E-state index in [9.17, 15) is 14.4 Å². The number of rotatable bonds is 6. The van der Waals surface area contributed by atoms with Gasteiger partial charge in [0.25, 0.3) is 5.91 Å². The molecule has 1 aliphatic rings. The van der Waals surface area contributed by atoms with Gasteiger partial charge < -0.3 is 15.8 Å². The molecule has 0 radical (unpaired) electrons. The molecule has 0 saturated carbocycles. The van der Waals surface area contributed by atoms with Crippen LogP contribution in [0.2, 0.25) is 0 Å². The molecule has 0 saturated heterocycles. The van der Waals surface area contributed by atoms with E-state index >= 15 is 0 Å². The molecule has 0 aromatic heterocycles. The van der Waals surface area contributed by atoms with Crippen molar-refractivity contribution in [3.63, 3.8) is 0 Å². The molecule has 2 aromatic rings. The van der Waals surface area contributed by atoms with E-state index in [0.717, 1.165) is 24.8 Å². The minimum Gasteiger partial charge on any atom is -0.455 e. The Hall–Kier alpha value is -3.15. The van der Waals surface area contributed by atoms with Crippen LogP contribution in [0.4, 0.5) is 5.69 Å². The Balaban J connectivity index is 1.46. The van der Waals surface area contributed by atoms with Crippen LogP contribution < -0.4 is 11.1 Å². The highest BCUT2D eigenvalue weighted by molar-refractivity contribution is 5.95. The van der Waals surface area contributed by atoms with Crippen molar-refractivity contribution in [1.29, 1.82) is 0 Å². The Morgan fingerprint density at radius 2 is 1.73 bits per heavy atom. The molecular formula is C20H20N2O4. The lowest BCUT2D eigenvalue weighted by molar-refractivity contribution is -0.146. The maximum Gasteiger partial charge on any atom is 0.310 e. The maximum atomic E-state index is 11.9. The third-order valence-corrected chi connectivity index (χ3v) is 4.33. The summed E-state index contributed by atoms with van der Waals surface area (Å²) in [5.74, 6) is -1.43. The van der Waals surface area contributed by atoms with Gasteiger partial charge in [0.15, 0.2) is 6.61 Å². The molecule has 3 N–H and O–H groups in total. The summed E-state index contributed by atoms with van der Waals surface area (Å²) in [6.07, 6.45) is 3.45. The number of anilines is 1. The molecule has 0 atom stereocenters. The van der Waals surface area contributed by atoms with Crippen molar-refractivity contribution < 1.29 is 19.1 Å². The molecule has 134 valence electrons. The molecular weight excluding hydrogens is 332 g/mol. The Morgan fingerprint density at radius 3 is 2.46 bits per heavy atom. The van der Waals surface area contributed by atoms with Crippen molar-refractivity contribution in [3.05, 3.63) is 64.7 Å². The number of benzene rings is 2. The second kappa shape index (κ2) is 7.82. The zero-order chi connectivity index (χ0) is 18.5. The number of primary amides is 1. The smallest absolute Gasteiger partial charge is 0.310 e. The number of hydrogen-bond acceptors (Lipinski definition) is 4. The normalized spacial score (nSPS) is 12.3. The van der Waals surface area contributed by atoms with Crippen LogP contribution in [0.1, 0.15) is 33.5 Å². The Kier molecular flexibility index (Phi) is 5.31. The van der Waals surface area contributed by atoms with E-state index < -0.39 is 17.8 Å². The van der Waals surface area contributed by atoms with Gasteiger partial charge in [0.05, 0.1) is 6.42 Å². The van der Waals surface area contributed by atoms with Crippen molar-refractivity contribution in [1.82, 2.24) is 0 Å². The molecule has 6 heteroatoms. The van der Waals surface area contributed by atoms with Crippen molar-refractivity contribution in [2.24, 2.45) is 5.73 Å². The lowest BCUT2D eigenvalue weighted by Gasteiger charge is -2.08. The average Bonchev–Trinajstić information content (AvgIpc) is 3.08. The highest BCUT2D eigenvalue weighted by atomic mass is 16.5. The SMILES string of the molecule is NC(=O)c1ccc(NC(=O)COC(=O)Cc2ccc3c(c2)CCC3)cc1. The second-order valence-electron chi connectivity index (χ2n) is 6.28. The number of esters is 1. The topological polar surface area (TPSA) is 98.5 Å². The number of aryl methyl sites for hydroxylation is 2. The number of hydrogen-bond donors (Lipinski definition) is 2. The average molecular weight is 352 g/mol. The molecule has 26 heavy (non-hydrogen) atoms. The quantitative estimate of drug-likeness (QED) is 0.777. The molecule has 0 unspecified atom stereocenters. The van der Waals surface area contributed by atoms with E-state index in [2.05, 4.69) is 11.4 Å². The monoisotopic (exact) mass is 352 g/mol. The van der Waals surface area contributed by atoms with Crippen LogP contribution in [0.3, 0.4) is 0 Å². The largest absolute Gasteiger partial charge is 0.455 e. The van der Waals surface area contributed by atoms with Gasteiger partial charge in [0, 0.05) is 11.3 Å². The highest BCUT2D eigenvalue weighted by Gasteiger charge is 2.13. The molecule has 6 nitrogen and oxygen atoms in total. The van der Waals surface area contributed by atoms with Crippen LogP contribution >= 0.6 is 0 Å². The fraction of sp³-hybridized carbons (Fsp3) is 0.250. The van der Waals surface area contributed by atoms with E-state index in [4.69, 9.17) is 10.5 Å². The second-order valence-corrected chi connectivity index (χ2v) is 6.28. The van der Waals surface area contributed by atoms with Crippen molar-refractivity contribution in [3.8, 4) is 0 Å².